The highest BCUT2D eigenvalue weighted by atomic mass is 32.2. The van der Waals surface area contributed by atoms with E-state index in [2.05, 4.69) is 11.8 Å². The van der Waals surface area contributed by atoms with Gasteiger partial charge >= 0.3 is 0 Å². The van der Waals surface area contributed by atoms with Crippen LogP contribution < -0.4 is 5.73 Å². The monoisotopic (exact) mass is 226 g/mol. The minimum Gasteiger partial charge on any atom is -0.468 e. The van der Waals surface area contributed by atoms with Crippen molar-refractivity contribution >= 4 is 11.8 Å². The summed E-state index contributed by atoms with van der Waals surface area (Å²) in [6.07, 6.45) is 1.72. The molecule has 2 heterocycles. The summed E-state index contributed by atoms with van der Waals surface area (Å²) in [5, 5.41) is 0.697. The fourth-order valence-corrected chi connectivity index (χ4v) is 3.09. The molecule has 2 unspecified atom stereocenters. The molecular formula is C11H18N2OS. The fraction of sp³-hybridized carbons (Fsp3) is 0.636. The Morgan fingerprint density at radius 3 is 3.20 bits per heavy atom. The first-order chi connectivity index (χ1) is 7.31. The van der Waals surface area contributed by atoms with Crippen molar-refractivity contribution in [2.45, 2.75) is 18.2 Å². The molecule has 1 aliphatic rings. The maximum atomic E-state index is 5.83. The third-order valence-corrected chi connectivity index (χ3v) is 3.94. The molecule has 0 saturated carbocycles. The second-order valence-corrected chi connectivity index (χ2v) is 5.49. The van der Waals surface area contributed by atoms with Crippen molar-refractivity contribution in [3.63, 3.8) is 0 Å². The summed E-state index contributed by atoms with van der Waals surface area (Å²) in [6, 6.07) is 4.20. The summed E-state index contributed by atoms with van der Waals surface area (Å²) in [5.41, 5.74) is 5.83. The first kappa shape index (κ1) is 11.0. The highest BCUT2D eigenvalue weighted by Crippen LogP contribution is 2.26. The molecule has 2 N–H and O–H groups in total. The zero-order chi connectivity index (χ0) is 10.7. The Morgan fingerprint density at radius 2 is 2.60 bits per heavy atom. The second-order valence-electron chi connectivity index (χ2n) is 3.94. The third-order valence-electron chi connectivity index (χ3n) is 2.81. The Morgan fingerprint density at radius 1 is 1.73 bits per heavy atom. The molecule has 1 aromatic rings. The van der Waals surface area contributed by atoms with E-state index >= 15 is 0 Å². The van der Waals surface area contributed by atoms with Gasteiger partial charge in [-0.15, -0.1) is 0 Å². The predicted octanol–water partition coefficient (Wildman–Crippen LogP) is 1.72. The summed E-state index contributed by atoms with van der Waals surface area (Å²) < 4.78 is 5.45. The molecule has 0 spiro atoms. The SMILES string of the molecule is CC1CN(C(CN)c2ccco2)CCS1. The first-order valence-corrected chi connectivity index (χ1v) is 6.45. The largest absolute Gasteiger partial charge is 0.468 e. The predicted molar refractivity (Wildman–Crippen MR) is 64.0 cm³/mol. The molecule has 84 valence electrons. The molecular weight excluding hydrogens is 208 g/mol. The highest BCUT2D eigenvalue weighted by Gasteiger charge is 2.25. The minimum atomic E-state index is 0.253. The van der Waals surface area contributed by atoms with E-state index in [4.69, 9.17) is 10.2 Å². The number of furan rings is 1. The standard InChI is InChI=1S/C11H18N2OS/c1-9-8-13(4-6-15-9)10(7-12)11-3-2-5-14-11/h2-3,5,9-10H,4,6-8,12H2,1H3. The number of nitrogens with zero attached hydrogens (tertiary/aromatic N) is 1. The van der Waals surface area contributed by atoms with Gasteiger partial charge in [0.25, 0.3) is 0 Å². The lowest BCUT2D eigenvalue weighted by molar-refractivity contribution is 0.187. The molecule has 0 amide bonds. The van der Waals surface area contributed by atoms with Crippen molar-refractivity contribution in [1.82, 2.24) is 4.90 Å². The molecule has 0 aromatic carbocycles. The summed E-state index contributed by atoms with van der Waals surface area (Å²) >= 11 is 2.03. The van der Waals surface area contributed by atoms with Gasteiger partial charge in [0.05, 0.1) is 12.3 Å². The number of nitrogens with two attached hydrogens (primary N) is 1. The Kier molecular flexibility index (Phi) is 3.72. The zero-order valence-electron chi connectivity index (χ0n) is 9.06. The second kappa shape index (κ2) is 5.05. The van der Waals surface area contributed by atoms with Crippen LogP contribution in [0.25, 0.3) is 0 Å². The van der Waals surface area contributed by atoms with Gasteiger partial charge in [0, 0.05) is 30.6 Å². The van der Waals surface area contributed by atoms with E-state index in [1.54, 1.807) is 6.26 Å². The lowest BCUT2D eigenvalue weighted by Crippen LogP contribution is -2.41. The van der Waals surface area contributed by atoms with E-state index in [1.165, 1.54) is 5.75 Å². The molecule has 1 fully saturated rings. The van der Waals surface area contributed by atoms with Crippen LogP contribution in [-0.4, -0.2) is 35.5 Å². The van der Waals surface area contributed by atoms with Gasteiger partial charge in [-0.3, -0.25) is 4.90 Å². The maximum absolute atomic E-state index is 5.83. The number of hydrogen-bond acceptors (Lipinski definition) is 4. The van der Waals surface area contributed by atoms with Gasteiger partial charge in [0.1, 0.15) is 5.76 Å². The van der Waals surface area contributed by atoms with Crippen LogP contribution in [0.3, 0.4) is 0 Å². The van der Waals surface area contributed by atoms with Gasteiger partial charge in [-0.1, -0.05) is 6.92 Å². The Balaban J connectivity index is 2.06. The van der Waals surface area contributed by atoms with E-state index in [0.29, 0.717) is 11.8 Å². The van der Waals surface area contributed by atoms with Gasteiger partial charge in [-0.05, 0) is 12.1 Å². The smallest absolute Gasteiger partial charge is 0.122 e. The molecule has 1 aliphatic heterocycles. The van der Waals surface area contributed by atoms with Gasteiger partial charge in [-0.25, -0.2) is 0 Å². The fourth-order valence-electron chi connectivity index (χ4n) is 2.05. The number of thioether (sulfide) groups is 1. The minimum absolute atomic E-state index is 0.253. The maximum Gasteiger partial charge on any atom is 0.122 e. The molecule has 0 bridgehead atoms. The van der Waals surface area contributed by atoms with E-state index < -0.39 is 0 Å². The Bertz CT molecular complexity index is 289. The van der Waals surface area contributed by atoms with Crippen LogP contribution in [-0.2, 0) is 0 Å². The average molecular weight is 226 g/mol. The molecule has 4 heteroatoms. The van der Waals surface area contributed by atoms with E-state index in [1.807, 2.05) is 23.9 Å². The van der Waals surface area contributed by atoms with E-state index in [-0.39, 0.29) is 6.04 Å². The van der Waals surface area contributed by atoms with Crippen molar-refractivity contribution in [2.24, 2.45) is 5.73 Å². The van der Waals surface area contributed by atoms with Crippen molar-refractivity contribution in [3.05, 3.63) is 24.2 Å². The topological polar surface area (TPSA) is 42.4 Å². The number of hydrogen-bond donors (Lipinski definition) is 1. The summed E-state index contributed by atoms with van der Waals surface area (Å²) in [6.45, 7) is 5.11. The van der Waals surface area contributed by atoms with Gasteiger partial charge in [0.2, 0.25) is 0 Å². The lowest BCUT2D eigenvalue weighted by Gasteiger charge is -2.35. The van der Waals surface area contributed by atoms with Gasteiger partial charge in [0.15, 0.2) is 0 Å². The van der Waals surface area contributed by atoms with Crippen molar-refractivity contribution < 1.29 is 4.42 Å². The van der Waals surface area contributed by atoms with Crippen LogP contribution in [0.5, 0.6) is 0 Å². The first-order valence-electron chi connectivity index (χ1n) is 5.40. The molecule has 15 heavy (non-hydrogen) atoms. The molecule has 0 radical (unpaired) electrons. The van der Waals surface area contributed by atoms with Gasteiger partial charge < -0.3 is 10.2 Å². The van der Waals surface area contributed by atoms with Gasteiger partial charge in [-0.2, -0.15) is 11.8 Å². The number of rotatable bonds is 3. The molecule has 3 nitrogen and oxygen atoms in total. The molecule has 1 saturated heterocycles. The van der Waals surface area contributed by atoms with Crippen molar-refractivity contribution in [3.8, 4) is 0 Å². The Labute approximate surface area is 95.0 Å². The normalized spacial score (nSPS) is 25.3. The zero-order valence-corrected chi connectivity index (χ0v) is 9.87. The van der Waals surface area contributed by atoms with E-state index in [0.717, 1.165) is 18.8 Å². The highest BCUT2D eigenvalue weighted by molar-refractivity contribution is 7.99. The van der Waals surface area contributed by atoms with Crippen molar-refractivity contribution in [1.29, 1.82) is 0 Å². The molecule has 0 aliphatic carbocycles. The average Bonchev–Trinajstić information content (AvgIpc) is 2.72. The van der Waals surface area contributed by atoms with Crippen LogP contribution in [0.4, 0.5) is 0 Å². The Hall–Kier alpha value is -0.450. The summed E-state index contributed by atoms with van der Waals surface area (Å²) in [5.74, 6) is 2.19. The molecule has 1 aromatic heterocycles. The van der Waals surface area contributed by atoms with Crippen molar-refractivity contribution in [2.75, 3.05) is 25.4 Å². The van der Waals surface area contributed by atoms with Crippen LogP contribution in [0.1, 0.15) is 18.7 Å². The van der Waals surface area contributed by atoms with Crippen LogP contribution in [0, 0.1) is 0 Å². The van der Waals surface area contributed by atoms with Crippen LogP contribution >= 0.6 is 11.8 Å². The van der Waals surface area contributed by atoms with Crippen LogP contribution in [0.2, 0.25) is 0 Å². The summed E-state index contributed by atoms with van der Waals surface area (Å²) in [4.78, 5) is 2.43. The van der Waals surface area contributed by atoms with Crippen LogP contribution in [0.15, 0.2) is 22.8 Å². The van der Waals surface area contributed by atoms with E-state index in [9.17, 15) is 0 Å². The third kappa shape index (κ3) is 2.56. The lowest BCUT2D eigenvalue weighted by atomic mass is 10.2. The quantitative estimate of drug-likeness (QED) is 0.852. The molecule has 2 rings (SSSR count). The molecule has 2 atom stereocenters. The summed E-state index contributed by atoms with van der Waals surface area (Å²) in [7, 11) is 0.